The zero-order valence-electron chi connectivity index (χ0n) is 10.9. The SMILES string of the molecule is O=C(O)c1cn[nH]c1Cc1cccc(NC(=O)C(F)(F)F)c1. The first kappa shape index (κ1) is 15.5. The van der Waals surface area contributed by atoms with Gasteiger partial charge in [0.2, 0.25) is 0 Å². The minimum atomic E-state index is -4.98. The second-order valence-corrected chi connectivity index (χ2v) is 4.40. The van der Waals surface area contributed by atoms with Crippen molar-refractivity contribution in [3.05, 3.63) is 47.3 Å². The van der Waals surface area contributed by atoms with E-state index in [2.05, 4.69) is 10.2 Å². The van der Waals surface area contributed by atoms with Gasteiger partial charge in [-0.15, -0.1) is 0 Å². The van der Waals surface area contributed by atoms with E-state index in [9.17, 15) is 22.8 Å². The van der Waals surface area contributed by atoms with E-state index in [0.29, 0.717) is 11.3 Å². The first-order chi connectivity index (χ1) is 10.3. The number of aromatic nitrogens is 2. The maximum absolute atomic E-state index is 12.2. The van der Waals surface area contributed by atoms with Crippen molar-refractivity contribution >= 4 is 17.6 Å². The van der Waals surface area contributed by atoms with Crippen LogP contribution in [0.1, 0.15) is 21.6 Å². The van der Waals surface area contributed by atoms with Crippen LogP contribution < -0.4 is 5.32 Å². The molecule has 1 heterocycles. The second-order valence-electron chi connectivity index (χ2n) is 4.40. The molecule has 9 heteroatoms. The molecule has 0 unspecified atom stereocenters. The highest BCUT2D eigenvalue weighted by atomic mass is 19.4. The first-order valence-electron chi connectivity index (χ1n) is 6.00. The number of anilines is 1. The minimum Gasteiger partial charge on any atom is -0.478 e. The van der Waals surface area contributed by atoms with Crippen LogP contribution in [0.25, 0.3) is 0 Å². The molecule has 2 rings (SSSR count). The van der Waals surface area contributed by atoms with Gasteiger partial charge < -0.3 is 10.4 Å². The summed E-state index contributed by atoms with van der Waals surface area (Å²) in [6, 6.07) is 5.68. The number of halogens is 3. The molecular formula is C13H10F3N3O3. The normalized spacial score (nSPS) is 11.2. The molecule has 0 saturated heterocycles. The molecule has 1 aromatic carbocycles. The smallest absolute Gasteiger partial charge is 0.471 e. The Balaban J connectivity index is 2.17. The number of carbonyl (C=O) groups excluding carboxylic acids is 1. The molecule has 1 aromatic heterocycles. The predicted octanol–water partition coefficient (Wildman–Crippen LogP) is 2.20. The number of hydrogen-bond donors (Lipinski definition) is 3. The Labute approximate surface area is 122 Å². The van der Waals surface area contributed by atoms with Crippen molar-refractivity contribution in [1.29, 1.82) is 0 Å². The van der Waals surface area contributed by atoms with Crippen LogP contribution in [0, 0.1) is 0 Å². The molecule has 6 nitrogen and oxygen atoms in total. The lowest BCUT2D eigenvalue weighted by Crippen LogP contribution is -2.29. The lowest BCUT2D eigenvalue weighted by molar-refractivity contribution is -0.167. The zero-order chi connectivity index (χ0) is 16.3. The average Bonchev–Trinajstić information content (AvgIpc) is 2.86. The van der Waals surface area contributed by atoms with Gasteiger partial charge in [0.1, 0.15) is 5.56 Å². The summed E-state index contributed by atoms with van der Waals surface area (Å²) in [6.45, 7) is 0. The first-order valence-corrected chi connectivity index (χ1v) is 6.00. The van der Waals surface area contributed by atoms with Crippen molar-refractivity contribution in [3.8, 4) is 0 Å². The van der Waals surface area contributed by atoms with E-state index in [-0.39, 0.29) is 17.7 Å². The number of nitrogens with one attached hydrogen (secondary N) is 2. The highest BCUT2D eigenvalue weighted by molar-refractivity contribution is 5.95. The van der Waals surface area contributed by atoms with Crippen LogP contribution in [0.2, 0.25) is 0 Å². The molecule has 3 N–H and O–H groups in total. The summed E-state index contributed by atoms with van der Waals surface area (Å²) in [6.07, 6.45) is -3.71. The van der Waals surface area contributed by atoms with Gasteiger partial charge in [-0.2, -0.15) is 18.3 Å². The van der Waals surface area contributed by atoms with E-state index in [4.69, 9.17) is 5.11 Å². The van der Waals surface area contributed by atoms with Crippen molar-refractivity contribution in [3.63, 3.8) is 0 Å². The number of alkyl halides is 3. The molecule has 0 aliphatic rings. The van der Waals surface area contributed by atoms with Gasteiger partial charge in [0.25, 0.3) is 0 Å². The van der Waals surface area contributed by atoms with E-state index in [1.807, 2.05) is 0 Å². The van der Waals surface area contributed by atoms with Crippen LogP contribution in [-0.4, -0.2) is 33.4 Å². The van der Waals surface area contributed by atoms with Gasteiger partial charge in [-0.1, -0.05) is 12.1 Å². The van der Waals surface area contributed by atoms with Crippen molar-refractivity contribution < 1.29 is 27.9 Å². The number of benzene rings is 1. The van der Waals surface area contributed by atoms with Crippen LogP contribution in [-0.2, 0) is 11.2 Å². The lowest BCUT2D eigenvalue weighted by atomic mass is 10.1. The Bertz CT molecular complexity index is 710. The topological polar surface area (TPSA) is 95.1 Å². The number of hydrogen-bond acceptors (Lipinski definition) is 3. The van der Waals surface area contributed by atoms with Crippen molar-refractivity contribution in [2.24, 2.45) is 0 Å². The molecule has 22 heavy (non-hydrogen) atoms. The maximum atomic E-state index is 12.2. The van der Waals surface area contributed by atoms with Gasteiger partial charge in [0.15, 0.2) is 0 Å². The Morgan fingerprint density at radius 1 is 1.32 bits per heavy atom. The van der Waals surface area contributed by atoms with Crippen molar-refractivity contribution in [2.45, 2.75) is 12.6 Å². The van der Waals surface area contributed by atoms with Gasteiger partial charge >= 0.3 is 18.1 Å². The molecule has 0 bridgehead atoms. The molecule has 0 fully saturated rings. The van der Waals surface area contributed by atoms with Crippen LogP contribution in [0.4, 0.5) is 18.9 Å². The lowest BCUT2D eigenvalue weighted by Gasteiger charge is -2.09. The molecular weight excluding hydrogens is 303 g/mol. The van der Waals surface area contributed by atoms with E-state index < -0.39 is 18.1 Å². The van der Waals surface area contributed by atoms with E-state index >= 15 is 0 Å². The fourth-order valence-corrected chi connectivity index (χ4v) is 1.80. The van der Waals surface area contributed by atoms with Gasteiger partial charge in [0.05, 0.1) is 11.9 Å². The van der Waals surface area contributed by atoms with Crippen molar-refractivity contribution in [1.82, 2.24) is 10.2 Å². The highest BCUT2D eigenvalue weighted by Crippen LogP contribution is 2.20. The van der Waals surface area contributed by atoms with Crippen LogP contribution in [0.3, 0.4) is 0 Å². The fourth-order valence-electron chi connectivity index (χ4n) is 1.80. The summed E-state index contributed by atoms with van der Waals surface area (Å²) in [5.41, 5.74) is 0.777. The van der Waals surface area contributed by atoms with Gasteiger partial charge in [0, 0.05) is 12.1 Å². The zero-order valence-corrected chi connectivity index (χ0v) is 10.9. The number of amides is 1. The molecule has 0 aliphatic carbocycles. The van der Waals surface area contributed by atoms with Gasteiger partial charge in [-0.3, -0.25) is 9.89 Å². The predicted molar refractivity (Wildman–Crippen MR) is 69.5 cm³/mol. The fraction of sp³-hybridized carbons (Fsp3) is 0.154. The summed E-state index contributed by atoms with van der Waals surface area (Å²) in [4.78, 5) is 21.8. The number of aromatic carboxylic acids is 1. The maximum Gasteiger partial charge on any atom is 0.471 e. The third kappa shape index (κ3) is 3.62. The van der Waals surface area contributed by atoms with Crippen LogP contribution in [0.5, 0.6) is 0 Å². The molecule has 0 saturated carbocycles. The molecule has 0 aliphatic heterocycles. The molecule has 0 spiro atoms. The summed E-state index contributed by atoms with van der Waals surface area (Å²) >= 11 is 0. The number of carboxylic acids is 1. The second kappa shape index (κ2) is 5.88. The van der Waals surface area contributed by atoms with E-state index in [1.165, 1.54) is 18.2 Å². The van der Waals surface area contributed by atoms with Crippen molar-refractivity contribution in [2.75, 3.05) is 5.32 Å². The standard InChI is InChI=1S/C13H10F3N3O3/c14-13(15,16)12(22)18-8-3-1-2-7(4-8)5-10-9(11(20)21)6-17-19-10/h1-4,6H,5H2,(H,17,19)(H,18,22)(H,20,21). The Hall–Kier alpha value is -2.84. The third-order valence-electron chi connectivity index (χ3n) is 2.77. The van der Waals surface area contributed by atoms with Crippen LogP contribution in [0.15, 0.2) is 30.5 Å². The summed E-state index contributed by atoms with van der Waals surface area (Å²) in [5.74, 6) is -3.23. The van der Waals surface area contributed by atoms with E-state index in [1.54, 1.807) is 11.4 Å². The van der Waals surface area contributed by atoms with Gasteiger partial charge in [-0.25, -0.2) is 4.79 Å². The number of nitrogens with zero attached hydrogens (tertiary/aromatic N) is 1. The molecule has 116 valence electrons. The average molecular weight is 313 g/mol. The molecule has 0 radical (unpaired) electrons. The quantitative estimate of drug-likeness (QED) is 0.806. The van der Waals surface area contributed by atoms with E-state index in [0.717, 1.165) is 6.20 Å². The van der Waals surface area contributed by atoms with Gasteiger partial charge in [-0.05, 0) is 17.7 Å². The molecule has 0 atom stereocenters. The Morgan fingerprint density at radius 3 is 2.68 bits per heavy atom. The summed E-state index contributed by atoms with van der Waals surface area (Å²) < 4.78 is 36.6. The number of H-pyrrole nitrogens is 1. The number of carboxylic acid groups (broad SMARTS) is 1. The minimum absolute atomic E-state index is 0.0234. The molecule has 1 amide bonds. The molecule has 2 aromatic rings. The highest BCUT2D eigenvalue weighted by Gasteiger charge is 2.38. The third-order valence-corrected chi connectivity index (χ3v) is 2.77. The Morgan fingerprint density at radius 2 is 2.05 bits per heavy atom. The monoisotopic (exact) mass is 313 g/mol. The Kier molecular flexibility index (Phi) is 4.15. The van der Waals surface area contributed by atoms with Crippen LogP contribution >= 0.6 is 0 Å². The largest absolute Gasteiger partial charge is 0.478 e. The summed E-state index contributed by atoms with van der Waals surface area (Å²) in [7, 11) is 0. The number of aromatic amines is 1. The number of rotatable bonds is 4. The summed E-state index contributed by atoms with van der Waals surface area (Å²) in [5, 5.41) is 16.8. The number of carbonyl (C=O) groups is 2.